The number of aliphatic imine (C=N–C) groups is 1. The van der Waals surface area contributed by atoms with E-state index in [1.165, 1.54) is 30.0 Å². The summed E-state index contributed by atoms with van der Waals surface area (Å²) in [5, 5.41) is 29.2. The van der Waals surface area contributed by atoms with Crippen LogP contribution in [-0.2, 0) is 4.79 Å². The summed E-state index contributed by atoms with van der Waals surface area (Å²) in [6.45, 7) is 0. The first kappa shape index (κ1) is 14.2. The van der Waals surface area contributed by atoms with E-state index >= 15 is 0 Å². The minimum atomic E-state index is -0.617. The van der Waals surface area contributed by atoms with Gasteiger partial charge in [-0.05, 0) is 18.2 Å². The molecule has 22 heavy (non-hydrogen) atoms. The molecule has 0 saturated carbocycles. The van der Waals surface area contributed by atoms with Gasteiger partial charge in [-0.3, -0.25) is 4.79 Å². The minimum Gasteiger partial charge on any atom is -0.504 e. The highest BCUT2D eigenvalue weighted by atomic mass is 32.2. The number of nitrogens with zero attached hydrogens (tertiary/aromatic N) is 1. The maximum Gasteiger partial charge on any atom is 0.284 e. The third-order valence-corrected chi connectivity index (χ3v) is 4.12. The maximum absolute atomic E-state index is 12.0. The summed E-state index contributed by atoms with van der Waals surface area (Å²) in [5.74, 6) is -1.93. The van der Waals surface area contributed by atoms with Gasteiger partial charge < -0.3 is 15.3 Å². The van der Waals surface area contributed by atoms with Crippen molar-refractivity contribution in [2.45, 2.75) is 0 Å². The molecule has 2 aromatic rings. The summed E-state index contributed by atoms with van der Waals surface area (Å²) in [6, 6.07) is 11.9. The molecule has 3 N–H and O–H groups in total. The molecule has 1 heterocycles. The second-order valence-corrected chi connectivity index (χ2v) is 5.60. The van der Waals surface area contributed by atoms with Crippen LogP contribution in [0.5, 0.6) is 17.2 Å². The number of carbonyl (C=O) groups excluding carboxylic acids is 1. The molecule has 110 valence electrons. The molecule has 1 aliphatic rings. The first-order chi connectivity index (χ1) is 10.6. The van der Waals surface area contributed by atoms with Gasteiger partial charge in [-0.1, -0.05) is 42.1 Å². The number of hydrogen-bond acceptors (Lipinski definition) is 5. The Bertz CT molecular complexity index is 812. The van der Waals surface area contributed by atoms with Gasteiger partial charge in [0.25, 0.3) is 5.91 Å². The number of aromatic hydroxyl groups is 3. The summed E-state index contributed by atoms with van der Waals surface area (Å²) in [4.78, 5) is 16.3. The molecule has 0 fully saturated rings. The van der Waals surface area contributed by atoms with Crippen molar-refractivity contribution in [2.24, 2.45) is 4.99 Å². The molecule has 0 aliphatic carbocycles. The lowest BCUT2D eigenvalue weighted by Gasteiger charge is -2.04. The quantitative estimate of drug-likeness (QED) is 0.586. The average Bonchev–Trinajstić information content (AvgIpc) is 2.90. The Kier molecular flexibility index (Phi) is 3.60. The van der Waals surface area contributed by atoms with Gasteiger partial charge in [-0.15, -0.1) is 0 Å². The number of benzene rings is 2. The molecule has 6 heteroatoms. The fourth-order valence-corrected chi connectivity index (χ4v) is 2.87. The van der Waals surface area contributed by atoms with E-state index < -0.39 is 23.2 Å². The molecule has 0 aromatic heterocycles. The Balaban J connectivity index is 1.92. The van der Waals surface area contributed by atoms with Gasteiger partial charge in [-0.25, -0.2) is 4.99 Å². The molecule has 5 nitrogen and oxygen atoms in total. The standard InChI is InChI=1S/C16H11NO4S/c18-11-7-6-10(13(19)14(11)20)8-12-15(21)17-16(22-12)9-4-2-1-3-5-9/h1-8,18-20H. The molecular weight excluding hydrogens is 302 g/mol. The number of phenolic OH excluding ortho intramolecular Hbond substituents is 3. The number of hydrogen-bond donors (Lipinski definition) is 3. The van der Waals surface area contributed by atoms with Crippen LogP contribution in [-0.4, -0.2) is 26.3 Å². The van der Waals surface area contributed by atoms with Crippen LogP contribution in [0.4, 0.5) is 0 Å². The third-order valence-electron chi connectivity index (χ3n) is 3.09. The number of phenols is 3. The Morgan fingerprint density at radius 1 is 0.955 bits per heavy atom. The van der Waals surface area contributed by atoms with Crippen LogP contribution >= 0.6 is 11.8 Å². The maximum atomic E-state index is 12.0. The zero-order valence-electron chi connectivity index (χ0n) is 11.2. The number of amides is 1. The zero-order chi connectivity index (χ0) is 15.7. The highest BCUT2D eigenvalue weighted by Gasteiger charge is 2.23. The van der Waals surface area contributed by atoms with Gasteiger partial charge in [0, 0.05) is 11.1 Å². The Morgan fingerprint density at radius 2 is 1.68 bits per heavy atom. The Hall–Kier alpha value is -2.73. The van der Waals surface area contributed by atoms with Crippen molar-refractivity contribution in [2.75, 3.05) is 0 Å². The van der Waals surface area contributed by atoms with Crippen molar-refractivity contribution in [3.8, 4) is 17.2 Å². The molecule has 2 aromatic carbocycles. The van der Waals surface area contributed by atoms with Crippen molar-refractivity contribution in [3.63, 3.8) is 0 Å². The van der Waals surface area contributed by atoms with Gasteiger partial charge in [0.1, 0.15) is 5.04 Å². The summed E-state index contributed by atoms with van der Waals surface area (Å²) >= 11 is 1.19. The molecule has 0 saturated heterocycles. The molecule has 0 spiro atoms. The highest BCUT2D eigenvalue weighted by Crippen LogP contribution is 2.40. The van der Waals surface area contributed by atoms with Crippen LogP contribution in [0.1, 0.15) is 11.1 Å². The molecule has 0 radical (unpaired) electrons. The predicted molar refractivity (Wildman–Crippen MR) is 85.0 cm³/mol. The van der Waals surface area contributed by atoms with Crippen LogP contribution < -0.4 is 0 Å². The van der Waals surface area contributed by atoms with E-state index in [1.54, 1.807) is 0 Å². The average molecular weight is 313 g/mol. The molecular formula is C16H11NO4S. The van der Waals surface area contributed by atoms with E-state index in [-0.39, 0.29) is 5.56 Å². The van der Waals surface area contributed by atoms with E-state index in [0.29, 0.717) is 9.95 Å². The van der Waals surface area contributed by atoms with Gasteiger partial charge >= 0.3 is 0 Å². The molecule has 0 atom stereocenters. The normalized spacial score (nSPS) is 16.1. The van der Waals surface area contributed by atoms with Gasteiger partial charge in [-0.2, -0.15) is 0 Å². The van der Waals surface area contributed by atoms with E-state index in [4.69, 9.17) is 0 Å². The fourth-order valence-electron chi connectivity index (χ4n) is 1.96. The van der Waals surface area contributed by atoms with Gasteiger partial charge in [0.05, 0.1) is 4.91 Å². The van der Waals surface area contributed by atoms with E-state index in [2.05, 4.69) is 4.99 Å². The van der Waals surface area contributed by atoms with Crippen molar-refractivity contribution in [1.29, 1.82) is 0 Å². The molecule has 0 unspecified atom stereocenters. The van der Waals surface area contributed by atoms with Crippen molar-refractivity contribution in [3.05, 3.63) is 58.5 Å². The van der Waals surface area contributed by atoms with Crippen molar-refractivity contribution >= 4 is 28.8 Å². The van der Waals surface area contributed by atoms with Crippen LogP contribution in [0.2, 0.25) is 0 Å². The molecule has 1 aliphatic heterocycles. The summed E-state index contributed by atoms with van der Waals surface area (Å²) in [5.41, 5.74) is 1.07. The largest absolute Gasteiger partial charge is 0.504 e. The second kappa shape index (κ2) is 5.57. The number of rotatable bonds is 2. The van der Waals surface area contributed by atoms with Gasteiger partial charge in [0.15, 0.2) is 11.5 Å². The SMILES string of the molecule is O=C1N=C(c2ccccc2)SC1=Cc1ccc(O)c(O)c1O. The lowest BCUT2D eigenvalue weighted by molar-refractivity contribution is -0.113. The monoisotopic (exact) mass is 313 g/mol. The van der Waals surface area contributed by atoms with E-state index in [1.807, 2.05) is 30.3 Å². The molecule has 3 rings (SSSR count). The lowest BCUT2D eigenvalue weighted by atomic mass is 10.1. The van der Waals surface area contributed by atoms with Crippen molar-refractivity contribution in [1.82, 2.24) is 0 Å². The van der Waals surface area contributed by atoms with Crippen molar-refractivity contribution < 1.29 is 20.1 Å². The topological polar surface area (TPSA) is 90.1 Å². The zero-order valence-corrected chi connectivity index (χ0v) is 12.0. The number of carbonyl (C=O) groups is 1. The Morgan fingerprint density at radius 3 is 2.41 bits per heavy atom. The van der Waals surface area contributed by atoms with Crippen LogP contribution in [0.25, 0.3) is 6.08 Å². The van der Waals surface area contributed by atoms with Crippen LogP contribution in [0.15, 0.2) is 52.4 Å². The summed E-state index contributed by atoms with van der Waals surface area (Å²) < 4.78 is 0. The van der Waals surface area contributed by atoms with E-state index in [0.717, 1.165) is 5.56 Å². The van der Waals surface area contributed by atoms with Gasteiger partial charge in [0.2, 0.25) is 5.75 Å². The first-order valence-corrected chi connectivity index (χ1v) is 7.20. The summed E-state index contributed by atoms with van der Waals surface area (Å²) in [7, 11) is 0. The Labute approximate surface area is 130 Å². The first-order valence-electron chi connectivity index (χ1n) is 6.38. The lowest BCUT2D eigenvalue weighted by Crippen LogP contribution is -1.89. The fraction of sp³-hybridized carbons (Fsp3) is 0. The van der Waals surface area contributed by atoms with E-state index in [9.17, 15) is 20.1 Å². The second-order valence-electron chi connectivity index (χ2n) is 4.57. The van der Waals surface area contributed by atoms with Crippen LogP contribution in [0.3, 0.4) is 0 Å². The third kappa shape index (κ3) is 2.56. The smallest absolute Gasteiger partial charge is 0.284 e. The minimum absolute atomic E-state index is 0.232. The molecule has 1 amide bonds. The number of thioether (sulfide) groups is 1. The van der Waals surface area contributed by atoms with Crippen LogP contribution in [0, 0.1) is 0 Å². The molecule has 0 bridgehead atoms. The summed E-state index contributed by atoms with van der Waals surface area (Å²) in [6.07, 6.45) is 1.43. The highest BCUT2D eigenvalue weighted by molar-refractivity contribution is 8.19. The predicted octanol–water partition coefficient (Wildman–Crippen LogP) is 2.86.